The summed E-state index contributed by atoms with van der Waals surface area (Å²) in [5, 5.41) is 67.9. The quantitative estimate of drug-likeness (QED) is 0.132. The van der Waals surface area contributed by atoms with Gasteiger partial charge in [-0.3, -0.25) is 0 Å². The van der Waals surface area contributed by atoms with Crippen LogP contribution >= 0.6 is 11.6 Å². The molecule has 0 saturated carbocycles. The second-order valence-corrected chi connectivity index (χ2v) is 10.7. The third kappa shape index (κ3) is 4.66. The van der Waals surface area contributed by atoms with Crippen LogP contribution in [-0.2, 0) is 9.47 Å². The molecule has 4 aromatic rings. The van der Waals surface area contributed by atoms with Gasteiger partial charge in [0.1, 0.15) is 71.5 Å². The van der Waals surface area contributed by atoms with Crippen molar-refractivity contribution in [1.82, 2.24) is 29.2 Å². The molecule has 2 aliphatic rings. The number of fused-ring (bicyclic) bond motifs is 2. The zero-order valence-electron chi connectivity index (χ0n) is 22.0. The Morgan fingerprint density at radius 1 is 0.854 bits per heavy atom. The molecule has 17 heteroatoms. The molecule has 222 valence electrons. The third-order valence-corrected chi connectivity index (χ3v) is 7.85. The number of ether oxygens (including phenoxy) is 2. The molecule has 0 amide bonds. The molecule has 6 heterocycles. The van der Waals surface area contributed by atoms with Crippen LogP contribution in [0.3, 0.4) is 0 Å². The highest BCUT2D eigenvalue weighted by Crippen LogP contribution is 2.44. The Morgan fingerprint density at radius 3 is 1.90 bits per heavy atom. The zero-order valence-corrected chi connectivity index (χ0v) is 22.7. The number of hydrogen-bond acceptors (Lipinski definition) is 14. The predicted molar refractivity (Wildman–Crippen MR) is 142 cm³/mol. The average molecular weight is 595 g/mol. The van der Waals surface area contributed by atoms with E-state index in [4.69, 9.17) is 32.5 Å². The Kier molecular flexibility index (Phi) is 7.56. The van der Waals surface area contributed by atoms with Crippen molar-refractivity contribution in [3.05, 3.63) is 47.3 Å². The lowest BCUT2D eigenvalue weighted by molar-refractivity contribution is -0.0665. The summed E-state index contributed by atoms with van der Waals surface area (Å²) in [6.07, 6.45) is -3.36. The van der Waals surface area contributed by atoms with Crippen LogP contribution < -0.4 is 11.5 Å². The molecule has 0 radical (unpaired) electrons. The van der Waals surface area contributed by atoms with Crippen molar-refractivity contribution in [2.24, 2.45) is 0 Å². The van der Waals surface area contributed by atoms with E-state index in [2.05, 4.69) is 20.2 Å². The largest absolute Gasteiger partial charge is 0.394 e. The molecule has 0 spiro atoms. The van der Waals surface area contributed by atoms with E-state index in [-0.39, 0.29) is 12.4 Å². The van der Waals surface area contributed by atoms with E-state index in [0.29, 0.717) is 33.3 Å². The molecule has 4 aromatic heterocycles. The lowest BCUT2D eigenvalue weighted by Crippen LogP contribution is -2.43. The van der Waals surface area contributed by atoms with Gasteiger partial charge in [0.2, 0.25) is 0 Å². The average Bonchev–Trinajstić information content (AvgIpc) is 3.63. The molecular weight excluding hydrogens is 564 g/mol. The SMILES string of the molecule is C[C@@]1(O)[C@H](O)[C@@H](CO)O[C@H]1c1cc(Cl)c2c(N)ncnn12.C[C@@]1(O)[C@H](O)[C@@H](CO)O[C@H]1c1ccc2c(N)ncnn12. The van der Waals surface area contributed by atoms with E-state index in [1.165, 1.54) is 35.5 Å². The molecule has 8 atom stereocenters. The summed E-state index contributed by atoms with van der Waals surface area (Å²) in [4.78, 5) is 7.74. The minimum atomic E-state index is -1.61. The Hall–Kier alpha value is -3.19. The number of nitrogens with zero attached hydrogens (tertiary/aromatic N) is 6. The molecule has 2 saturated heterocycles. The van der Waals surface area contributed by atoms with Crippen molar-refractivity contribution in [2.45, 2.75) is 61.7 Å². The Labute approximate surface area is 237 Å². The van der Waals surface area contributed by atoms with E-state index in [9.17, 15) is 30.6 Å². The third-order valence-electron chi connectivity index (χ3n) is 7.56. The summed E-state index contributed by atoms with van der Waals surface area (Å²) in [6, 6.07) is 4.96. The monoisotopic (exact) mass is 594 g/mol. The van der Waals surface area contributed by atoms with Gasteiger partial charge in [-0.05, 0) is 32.0 Å². The number of nitrogens with two attached hydrogens (primary N) is 2. The molecule has 41 heavy (non-hydrogen) atoms. The fourth-order valence-corrected chi connectivity index (χ4v) is 5.55. The number of aliphatic hydroxyl groups excluding tert-OH is 4. The van der Waals surface area contributed by atoms with Crippen LogP contribution in [0.4, 0.5) is 11.6 Å². The molecular formula is C24H31ClN8O8. The van der Waals surface area contributed by atoms with E-state index in [0.717, 1.165) is 0 Å². The molecule has 0 bridgehead atoms. The van der Waals surface area contributed by atoms with E-state index in [1.54, 1.807) is 18.2 Å². The van der Waals surface area contributed by atoms with Gasteiger partial charge in [0.15, 0.2) is 11.6 Å². The number of aliphatic hydroxyl groups is 6. The van der Waals surface area contributed by atoms with Crippen LogP contribution in [0.25, 0.3) is 11.0 Å². The van der Waals surface area contributed by atoms with Gasteiger partial charge >= 0.3 is 0 Å². The van der Waals surface area contributed by atoms with Crippen molar-refractivity contribution < 1.29 is 40.1 Å². The highest BCUT2D eigenvalue weighted by molar-refractivity contribution is 6.34. The van der Waals surface area contributed by atoms with Crippen molar-refractivity contribution >= 4 is 34.3 Å². The fourth-order valence-electron chi connectivity index (χ4n) is 5.26. The summed E-state index contributed by atoms with van der Waals surface area (Å²) >= 11 is 6.13. The maximum Gasteiger partial charge on any atom is 0.152 e. The maximum atomic E-state index is 10.5. The fraction of sp³-hybridized carbons (Fsp3) is 0.500. The number of rotatable bonds is 4. The molecule has 0 aliphatic carbocycles. The van der Waals surface area contributed by atoms with Gasteiger partial charge in [-0.1, -0.05) is 11.6 Å². The molecule has 16 nitrogen and oxygen atoms in total. The molecule has 6 rings (SSSR count). The van der Waals surface area contributed by atoms with E-state index in [1.807, 2.05) is 0 Å². The van der Waals surface area contributed by atoms with Crippen LogP contribution in [0.2, 0.25) is 5.02 Å². The highest BCUT2D eigenvalue weighted by Gasteiger charge is 2.54. The number of aromatic nitrogens is 6. The van der Waals surface area contributed by atoms with Gasteiger partial charge < -0.3 is 51.6 Å². The number of nitrogen functional groups attached to an aromatic ring is 2. The first-order valence-corrected chi connectivity index (χ1v) is 12.9. The summed E-state index contributed by atoms with van der Waals surface area (Å²) in [7, 11) is 0. The predicted octanol–water partition coefficient (Wildman–Crippen LogP) is -1.64. The standard InChI is InChI=1S/C12H15ClN4O4.C12H16N4O4/c1-12(20)9(19)7(3-18)21-10(12)6-2-5(13)8-11(14)15-4-16-17(6)8;1-12(19)9(18)8(4-17)20-10(12)6-2-3-7-11(13)14-5-15-16(6)7/h2,4,7,9-10,18-20H,3H2,1H3,(H2,14,15,16);2-3,5,8-10,17-19H,4H2,1H3,(H2,13,14,15)/t7-,9-,10+,12-;8-,9-,10+,12-/m11/s1. The number of anilines is 2. The van der Waals surface area contributed by atoms with E-state index >= 15 is 0 Å². The minimum absolute atomic E-state index is 0.193. The van der Waals surface area contributed by atoms with Crippen molar-refractivity contribution in [2.75, 3.05) is 24.7 Å². The molecule has 10 N–H and O–H groups in total. The van der Waals surface area contributed by atoms with Crippen LogP contribution in [0.5, 0.6) is 0 Å². The summed E-state index contributed by atoms with van der Waals surface area (Å²) < 4.78 is 14.0. The van der Waals surface area contributed by atoms with Crippen molar-refractivity contribution in [3.63, 3.8) is 0 Å². The van der Waals surface area contributed by atoms with E-state index < -0.39 is 54.4 Å². The van der Waals surface area contributed by atoms with Crippen molar-refractivity contribution in [1.29, 1.82) is 0 Å². The van der Waals surface area contributed by atoms with Gasteiger partial charge in [-0.2, -0.15) is 10.2 Å². The molecule has 2 fully saturated rings. The molecule has 0 unspecified atom stereocenters. The Balaban J connectivity index is 0.000000165. The number of hydrogen-bond donors (Lipinski definition) is 8. The first kappa shape index (κ1) is 29.3. The lowest BCUT2D eigenvalue weighted by Gasteiger charge is -2.26. The van der Waals surface area contributed by atoms with Crippen LogP contribution in [-0.4, -0.2) is 109 Å². The lowest BCUT2D eigenvalue weighted by atomic mass is 9.91. The first-order valence-electron chi connectivity index (χ1n) is 12.5. The minimum Gasteiger partial charge on any atom is -0.394 e. The Morgan fingerprint density at radius 2 is 1.37 bits per heavy atom. The zero-order chi connectivity index (χ0) is 29.9. The molecule has 0 aromatic carbocycles. The van der Waals surface area contributed by atoms with Gasteiger partial charge in [0.25, 0.3) is 0 Å². The summed E-state index contributed by atoms with van der Waals surface area (Å²) in [5.41, 5.74) is 10.3. The van der Waals surface area contributed by atoms with Crippen LogP contribution in [0, 0.1) is 0 Å². The number of halogens is 1. The van der Waals surface area contributed by atoms with Gasteiger partial charge in [0.05, 0.1) is 29.6 Å². The summed E-state index contributed by atoms with van der Waals surface area (Å²) in [6.45, 7) is 2.09. The van der Waals surface area contributed by atoms with Crippen molar-refractivity contribution in [3.8, 4) is 0 Å². The van der Waals surface area contributed by atoms with Gasteiger partial charge in [0, 0.05) is 0 Å². The van der Waals surface area contributed by atoms with Crippen LogP contribution in [0.15, 0.2) is 30.9 Å². The first-order chi connectivity index (χ1) is 19.3. The maximum absolute atomic E-state index is 10.5. The smallest absolute Gasteiger partial charge is 0.152 e. The van der Waals surface area contributed by atoms with Gasteiger partial charge in [-0.25, -0.2) is 19.0 Å². The normalized spacial score (nSPS) is 33.4. The second kappa shape index (κ2) is 10.6. The highest BCUT2D eigenvalue weighted by atomic mass is 35.5. The van der Waals surface area contributed by atoms with Crippen LogP contribution in [0.1, 0.15) is 37.4 Å². The Bertz CT molecular complexity index is 1560. The van der Waals surface area contributed by atoms with Gasteiger partial charge in [-0.15, -0.1) is 0 Å². The molecule has 2 aliphatic heterocycles. The second-order valence-electron chi connectivity index (χ2n) is 10.3. The summed E-state index contributed by atoms with van der Waals surface area (Å²) in [5.74, 6) is 0.501. The topological polar surface area (TPSA) is 252 Å².